The molecule has 0 amide bonds. The Morgan fingerprint density at radius 3 is 0.768 bits per heavy atom. The molecule has 0 N–H and O–H groups in total. The molecule has 2 nitrogen and oxygen atoms in total. The van der Waals surface area contributed by atoms with Crippen LogP contribution in [0.4, 0.5) is 0 Å². The van der Waals surface area contributed by atoms with Gasteiger partial charge in [-0.3, -0.25) is 9.97 Å². The summed E-state index contributed by atoms with van der Waals surface area (Å²) in [6, 6.07) is 62.5. The van der Waals surface area contributed by atoms with Crippen molar-refractivity contribution in [1.29, 1.82) is 0 Å². The number of hydrogen-bond donors (Lipinski definition) is 0. The smallest absolute Gasteiger partial charge is 0.0355 e. The van der Waals surface area contributed by atoms with Gasteiger partial charge in [0.2, 0.25) is 0 Å². The summed E-state index contributed by atoms with van der Waals surface area (Å²) in [7, 11) is 0. The molecule has 4 heteroatoms. The van der Waals surface area contributed by atoms with Gasteiger partial charge in [-0.25, -0.2) is 0 Å². The Morgan fingerprint density at radius 1 is 0.232 bits per heavy atom. The lowest BCUT2D eigenvalue weighted by Gasteiger charge is -2.08. The van der Waals surface area contributed by atoms with Crippen LogP contribution in [0.2, 0.25) is 0 Å². The van der Waals surface area contributed by atoms with Crippen LogP contribution in [0.5, 0.6) is 0 Å². The average molecular weight is 749 g/mol. The minimum Gasteiger partial charge on any atom is -0.265 e. The highest BCUT2D eigenvalue weighted by molar-refractivity contribution is 7.26. The van der Waals surface area contributed by atoms with Crippen LogP contribution >= 0.6 is 22.7 Å². The van der Waals surface area contributed by atoms with Crippen molar-refractivity contribution in [2.45, 2.75) is 0 Å². The van der Waals surface area contributed by atoms with Crippen molar-refractivity contribution in [3.8, 4) is 66.8 Å². The Bertz CT molecular complexity index is 3030. The molecule has 4 heterocycles. The average Bonchev–Trinajstić information content (AvgIpc) is 3.84. The van der Waals surface area contributed by atoms with Crippen LogP contribution < -0.4 is 0 Å². The molecule has 0 saturated heterocycles. The topological polar surface area (TPSA) is 25.8 Å². The van der Waals surface area contributed by atoms with Gasteiger partial charge < -0.3 is 0 Å². The molecule has 0 aliphatic heterocycles. The quantitative estimate of drug-likeness (QED) is 0.169. The Labute approximate surface area is 332 Å². The zero-order valence-electron chi connectivity index (χ0n) is 30.2. The number of benzene rings is 7. The van der Waals surface area contributed by atoms with E-state index in [0.717, 1.165) is 0 Å². The molecule has 262 valence electrons. The fourth-order valence-corrected chi connectivity index (χ4v) is 10.1. The van der Waals surface area contributed by atoms with E-state index >= 15 is 0 Å². The highest BCUT2D eigenvalue weighted by Crippen LogP contribution is 2.41. The van der Waals surface area contributed by atoms with E-state index in [1.54, 1.807) is 0 Å². The van der Waals surface area contributed by atoms with Crippen LogP contribution in [-0.2, 0) is 0 Å². The molecule has 0 radical (unpaired) electrons. The summed E-state index contributed by atoms with van der Waals surface area (Å²) >= 11 is 3.73. The van der Waals surface area contributed by atoms with Crippen molar-refractivity contribution in [1.82, 2.24) is 9.97 Å². The summed E-state index contributed by atoms with van der Waals surface area (Å²) in [6.07, 6.45) is 7.41. The molecule has 7 aromatic carbocycles. The Hall–Kier alpha value is -6.72. The van der Waals surface area contributed by atoms with Gasteiger partial charge in [0.1, 0.15) is 0 Å². The van der Waals surface area contributed by atoms with E-state index in [2.05, 4.69) is 180 Å². The summed E-state index contributed by atoms with van der Waals surface area (Å²) in [5, 5.41) is 5.20. The van der Waals surface area contributed by atoms with Gasteiger partial charge in [0.15, 0.2) is 0 Å². The van der Waals surface area contributed by atoms with Crippen LogP contribution in [0.25, 0.3) is 107 Å². The number of thiophene rings is 2. The number of rotatable bonds is 6. The summed E-state index contributed by atoms with van der Waals surface area (Å²) in [4.78, 5) is 8.39. The second-order valence-electron chi connectivity index (χ2n) is 14.3. The van der Waals surface area contributed by atoms with E-state index in [0.29, 0.717) is 0 Å². The SMILES string of the molecule is c1cc(-c2ccncc2)cc(-c2ccc3sc4ccc(-c5cccc(-c6ccc7sc8ccc(-c9cccc(-c%10ccncc%10)c9)cc8c7c6)c5)cc4c3c2)c1. The van der Waals surface area contributed by atoms with Crippen LogP contribution in [0.15, 0.2) is 195 Å². The van der Waals surface area contributed by atoms with Crippen molar-refractivity contribution >= 4 is 63.0 Å². The van der Waals surface area contributed by atoms with Crippen LogP contribution in [0.1, 0.15) is 0 Å². The monoisotopic (exact) mass is 748 g/mol. The second-order valence-corrected chi connectivity index (χ2v) is 16.4. The molecule has 11 rings (SSSR count). The van der Waals surface area contributed by atoms with Crippen molar-refractivity contribution in [3.05, 3.63) is 195 Å². The minimum absolute atomic E-state index is 1.17. The standard InChI is InChI=1S/C52H32N2S2/c1-4-35(33-18-22-53-23-19-33)26-37(6-1)41-10-14-49-45(29-41)47-31-43(12-16-51(47)55-49)39-8-3-9-40(28-39)44-13-17-52-48(32-44)46-30-42(11-15-50(46)56-52)38-7-2-5-36(27-38)34-20-24-54-25-21-34/h1-32H. The lowest BCUT2D eigenvalue weighted by molar-refractivity contribution is 1.33. The van der Waals surface area contributed by atoms with E-state index in [4.69, 9.17) is 0 Å². The maximum Gasteiger partial charge on any atom is 0.0355 e. The molecule has 56 heavy (non-hydrogen) atoms. The highest BCUT2D eigenvalue weighted by Gasteiger charge is 2.13. The minimum atomic E-state index is 1.17. The maximum atomic E-state index is 4.20. The maximum absolute atomic E-state index is 4.20. The van der Waals surface area contributed by atoms with Crippen LogP contribution in [0, 0.1) is 0 Å². The third-order valence-corrected chi connectivity index (χ3v) is 13.2. The molecule has 0 unspecified atom stereocenters. The van der Waals surface area contributed by atoms with E-state index in [-0.39, 0.29) is 0 Å². The predicted octanol–water partition coefficient (Wildman–Crippen LogP) is 15.2. The second kappa shape index (κ2) is 13.5. The lowest BCUT2D eigenvalue weighted by atomic mass is 9.96. The first-order valence-electron chi connectivity index (χ1n) is 18.8. The summed E-state index contributed by atoms with van der Waals surface area (Å²) in [5.41, 5.74) is 14.5. The fraction of sp³-hybridized carbons (Fsp3) is 0. The van der Waals surface area contributed by atoms with Gasteiger partial charge in [-0.2, -0.15) is 0 Å². The third kappa shape index (κ3) is 5.88. The summed E-state index contributed by atoms with van der Waals surface area (Å²) in [5.74, 6) is 0. The number of nitrogens with zero attached hydrogens (tertiary/aromatic N) is 2. The normalized spacial score (nSPS) is 11.6. The Balaban J connectivity index is 0.941. The first-order chi connectivity index (χ1) is 27.7. The zero-order valence-corrected chi connectivity index (χ0v) is 31.8. The highest BCUT2D eigenvalue weighted by atomic mass is 32.1. The van der Waals surface area contributed by atoms with Crippen LogP contribution in [-0.4, -0.2) is 9.97 Å². The van der Waals surface area contributed by atoms with E-state index in [1.165, 1.54) is 107 Å². The van der Waals surface area contributed by atoms with Crippen molar-refractivity contribution in [3.63, 3.8) is 0 Å². The number of fused-ring (bicyclic) bond motifs is 6. The van der Waals surface area contributed by atoms with Crippen molar-refractivity contribution in [2.75, 3.05) is 0 Å². The third-order valence-electron chi connectivity index (χ3n) is 10.9. The molecule has 11 aromatic rings. The predicted molar refractivity (Wildman–Crippen MR) is 240 cm³/mol. The number of aromatic nitrogens is 2. The van der Waals surface area contributed by atoms with Gasteiger partial charge in [0.05, 0.1) is 0 Å². The fourth-order valence-electron chi connectivity index (χ4n) is 8.00. The van der Waals surface area contributed by atoms with E-state index in [9.17, 15) is 0 Å². The van der Waals surface area contributed by atoms with Gasteiger partial charge >= 0.3 is 0 Å². The first-order valence-corrected chi connectivity index (χ1v) is 20.4. The number of pyridine rings is 2. The molecule has 0 aliphatic rings. The molecule has 0 bridgehead atoms. The Morgan fingerprint density at radius 2 is 0.482 bits per heavy atom. The molecule has 0 saturated carbocycles. The zero-order chi connectivity index (χ0) is 37.0. The van der Waals surface area contributed by atoms with Gasteiger partial charge in [-0.1, -0.05) is 78.9 Å². The van der Waals surface area contributed by atoms with Crippen LogP contribution in [0.3, 0.4) is 0 Å². The van der Waals surface area contributed by atoms with E-state index in [1.807, 2.05) is 47.5 Å². The largest absolute Gasteiger partial charge is 0.265 e. The van der Waals surface area contributed by atoms with E-state index < -0.39 is 0 Å². The summed E-state index contributed by atoms with van der Waals surface area (Å²) < 4.78 is 5.23. The van der Waals surface area contributed by atoms with Gasteiger partial charge in [0, 0.05) is 65.1 Å². The molecule has 0 spiro atoms. The molecule has 4 aromatic heterocycles. The molecule has 0 atom stereocenters. The van der Waals surface area contributed by atoms with Gasteiger partial charge in [-0.05, 0) is 158 Å². The Kier molecular flexibility index (Phi) is 7.90. The molecule has 0 fully saturated rings. The van der Waals surface area contributed by atoms with Gasteiger partial charge in [-0.15, -0.1) is 22.7 Å². The van der Waals surface area contributed by atoms with Gasteiger partial charge in [0.25, 0.3) is 0 Å². The van der Waals surface area contributed by atoms with Crippen molar-refractivity contribution < 1.29 is 0 Å². The molecule has 0 aliphatic carbocycles. The molecular formula is C52H32N2S2. The molecular weight excluding hydrogens is 717 g/mol. The lowest BCUT2D eigenvalue weighted by Crippen LogP contribution is -1.83. The summed E-state index contributed by atoms with van der Waals surface area (Å²) in [6.45, 7) is 0. The van der Waals surface area contributed by atoms with Crippen molar-refractivity contribution in [2.24, 2.45) is 0 Å². The number of hydrogen-bond acceptors (Lipinski definition) is 4. The first kappa shape index (κ1) is 32.7.